The average Bonchev–Trinajstić information content (AvgIpc) is 2.91. The van der Waals surface area contributed by atoms with Crippen LogP contribution in [0.1, 0.15) is 116 Å². The average molecular weight is 544 g/mol. The van der Waals surface area contributed by atoms with Crippen molar-refractivity contribution < 1.29 is 14.6 Å². The van der Waals surface area contributed by atoms with Crippen LogP contribution >= 0.6 is 0 Å². The lowest BCUT2D eigenvalue weighted by Gasteiger charge is -2.20. The zero-order chi connectivity index (χ0) is 27.8. The fourth-order valence-corrected chi connectivity index (χ4v) is 4.54. The molecule has 228 valence electrons. The fourth-order valence-electron chi connectivity index (χ4n) is 4.54. The van der Waals surface area contributed by atoms with E-state index in [9.17, 15) is 4.79 Å². The molecule has 7 N–H and O–H groups in total. The van der Waals surface area contributed by atoms with Crippen molar-refractivity contribution in [3.05, 3.63) is 0 Å². The Hall–Kier alpha value is -0.770. The molecule has 1 atom stereocenters. The molecule has 0 bridgehead atoms. The topological polar surface area (TPSA) is 121 Å². The maximum atomic E-state index is 10.6. The maximum Gasteiger partial charge on any atom is 0.304 e. The third kappa shape index (κ3) is 31.4. The number of hydrogen-bond acceptors (Lipinski definition) is 7. The third-order valence-electron chi connectivity index (χ3n) is 6.94. The van der Waals surface area contributed by atoms with Crippen LogP contribution in [0.15, 0.2) is 0 Å². The minimum atomic E-state index is -0.762. The molecule has 8 nitrogen and oxygen atoms in total. The van der Waals surface area contributed by atoms with Crippen LogP contribution in [0.25, 0.3) is 0 Å². The van der Waals surface area contributed by atoms with E-state index < -0.39 is 5.97 Å². The highest BCUT2D eigenvalue weighted by atomic mass is 16.5. The number of aliphatic carboxylic acids is 1. The number of carboxylic acids is 1. The molecule has 0 amide bonds. The predicted octanol–water partition coefficient (Wildman–Crippen LogP) is 4.42. The summed E-state index contributed by atoms with van der Waals surface area (Å²) in [5.74, 6) is -0.762. The van der Waals surface area contributed by atoms with Crippen LogP contribution in [0.4, 0.5) is 0 Å². The zero-order valence-corrected chi connectivity index (χ0v) is 25.0. The second kappa shape index (κ2) is 32.4. The van der Waals surface area contributed by atoms with Crippen molar-refractivity contribution in [1.29, 1.82) is 0 Å². The number of nitrogens with one attached hydrogen (secondary N) is 4. The van der Waals surface area contributed by atoms with E-state index in [0.717, 1.165) is 65.3 Å². The first kappa shape index (κ1) is 37.2. The Morgan fingerprint density at radius 3 is 1.79 bits per heavy atom. The lowest BCUT2D eigenvalue weighted by molar-refractivity contribution is -0.136. The molecule has 0 spiro atoms. The normalized spacial score (nSPS) is 12.3. The van der Waals surface area contributed by atoms with Gasteiger partial charge in [-0.05, 0) is 12.8 Å². The summed E-state index contributed by atoms with van der Waals surface area (Å²) in [6.07, 6.45) is 21.9. The summed E-state index contributed by atoms with van der Waals surface area (Å²) in [6.45, 7) is 10.2. The summed E-state index contributed by atoms with van der Waals surface area (Å²) in [5, 5.41) is 22.3. The Morgan fingerprint density at radius 2 is 1.21 bits per heavy atom. The Balaban J connectivity index is 3.64. The second-order valence-electron chi connectivity index (χ2n) is 10.6. The first-order valence-electron chi connectivity index (χ1n) is 16.1. The summed E-state index contributed by atoms with van der Waals surface area (Å²) >= 11 is 0. The smallest absolute Gasteiger partial charge is 0.304 e. The van der Waals surface area contributed by atoms with Gasteiger partial charge in [0.05, 0.1) is 6.42 Å². The van der Waals surface area contributed by atoms with Crippen molar-refractivity contribution in [2.24, 2.45) is 5.73 Å². The Morgan fingerprint density at radius 1 is 0.684 bits per heavy atom. The molecule has 0 aromatic heterocycles. The molecule has 38 heavy (non-hydrogen) atoms. The van der Waals surface area contributed by atoms with E-state index in [1.807, 2.05) is 0 Å². The second-order valence-corrected chi connectivity index (χ2v) is 10.6. The molecule has 1 unspecified atom stereocenters. The SMILES string of the molecule is CCCCCCCCCCCCCCCCCOCCC(CNCCNCCN)NCCNCCC(=O)O. The molecule has 0 aliphatic carbocycles. The van der Waals surface area contributed by atoms with Crippen LogP contribution in [0.5, 0.6) is 0 Å². The molecule has 0 saturated heterocycles. The Kier molecular flexibility index (Phi) is 31.8. The lowest BCUT2D eigenvalue weighted by atomic mass is 10.0. The van der Waals surface area contributed by atoms with Gasteiger partial charge in [0.2, 0.25) is 0 Å². The zero-order valence-electron chi connectivity index (χ0n) is 25.0. The van der Waals surface area contributed by atoms with E-state index in [4.69, 9.17) is 15.6 Å². The van der Waals surface area contributed by atoms with Crippen LogP contribution in [-0.4, -0.2) is 82.7 Å². The minimum Gasteiger partial charge on any atom is -0.481 e. The van der Waals surface area contributed by atoms with Gasteiger partial charge in [0, 0.05) is 71.6 Å². The van der Waals surface area contributed by atoms with Crippen molar-refractivity contribution in [2.45, 2.75) is 122 Å². The van der Waals surface area contributed by atoms with Gasteiger partial charge in [-0.25, -0.2) is 0 Å². The van der Waals surface area contributed by atoms with E-state index in [2.05, 4.69) is 28.2 Å². The van der Waals surface area contributed by atoms with E-state index in [0.29, 0.717) is 19.1 Å². The van der Waals surface area contributed by atoms with Gasteiger partial charge in [-0.2, -0.15) is 0 Å². The number of hydrogen-bond donors (Lipinski definition) is 6. The van der Waals surface area contributed by atoms with Gasteiger partial charge in [-0.3, -0.25) is 4.79 Å². The summed E-state index contributed by atoms with van der Waals surface area (Å²) in [4.78, 5) is 10.6. The van der Waals surface area contributed by atoms with Gasteiger partial charge >= 0.3 is 5.97 Å². The summed E-state index contributed by atoms with van der Waals surface area (Å²) < 4.78 is 5.93. The maximum absolute atomic E-state index is 10.6. The van der Waals surface area contributed by atoms with Crippen LogP contribution in [0, 0.1) is 0 Å². The largest absolute Gasteiger partial charge is 0.481 e. The van der Waals surface area contributed by atoms with Crippen LogP contribution in [0.3, 0.4) is 0 Å². The van der Waals surface area contributed by atoms with Crippen LogP contribution < -0.4 is 27.0 Å². The van der Waals surface area contributed by atoms with Gasteiger partial charge < -0.3 is 36.8 Å². The van der Waals surface area contributed by atoms with Gasteiger partial charge in [-0.1, -0.05) is 96.8 Å². The van der Waals surface area contributed by atoms with Crippen molar-refractivity contribution >= 4 is 5.97 Å². The molecule has 8 heteroatoms. The highest BCUT2D eigenvalue weighted by Crippen LogP contribution is 2.13. The molecule has 0 radical (unpaired) electrons. The monoisotopic (exact) mass is 544 g/mol. The molecule has 0 aliphatic heterocycles. The molecule has 0 aliphatic rings. The lowest BCUT2D eigenvalue weighted by Crippen LogP contribution is -2.44. The highest BCUT2D eigenvalue weighted by molar-refractivity contribution is 5.66. The number of ether oxygens (including phenoxy) is 1. The molecule has 0 aromatic rings. The third-order valence-corrected chi connectivity index (χ3v) is 6.94. The number of carboxylic acid groups (broad SMARTS) is 1. The fraction of sp³-hybridized carbons (Fsp3) is 0.967. The Bertz CT molecular complexity index is 471. The van der Waals surface area contributed by atoms with E-state index in [-0.39, 0.29) is 6.42 Å². The summed E-state index contributed by atoms with van der Waals surface area (Å²) in [5.41, 5.74) is 5.51. The van der Waals surface area contributed by atoms with Crippen molar-refractivity contribution in [3.8, 4) is 0 Å². The number of nitrogens with two attached hydrogens (primary N) is 1. The standard InChI is InChI=1S/C30H65N5O3/c1-2-3-4-5-6-7-8-9-10-11-12-13-14-15-16-26-38-27-18-29(28-34-23-22-33-21-19-31)35-25-24-32-20-17-30(36)37/h29,32-35H,2-28,31H2,1H3,(H,36,37). The molecular weight excluding hydrogens is 478 g/mol. The predicted molar refractivity (Wildman–Crippen MR) is 162 cm³/mol. The van der Waals surface area contributed by atoms with Crippen molar-refractivity contribution in [2.75, 3.05) is 65.6 Å². The van der Waals surface area contributed by atoms with E-state index in [1.54, 1.807) is 0 Å². The summed E-state index contributed by atoms with van der Waals surface area (Å²) in [6, 6.07) is 0.340. The minimum absolute atomic E-state index is 0.161. The quantitative estimate of drug-likeness (QED) is 0.0673. The summed E-state index contributed by atoms with van der Waals surface area (Å²) in [7, 11) is 0. The van der Waals surface area contributed by atoms with E-state index >= 15 is 0 Å². The van der Waals surface area contributed by atoms with Crippen molar-refractivity contribution in [1.82, 2.24) is 21.3 Å². The van der Waals surface area contributed by atoms with E-state index in [1.165, 1.54) is 89.9 Å². The molecule has 0 rings (SSSR count). The van der Waals surface area contributed by atoms with Gasteiger partial charge in [0.25, 0.3) is 0 Å². The number of rotatable bonds is 33. The van der Waals surface area contributed by atoms with Gasteiger partial charge in [0.15, 0.2) is 0 Å². The van der Waals surface area contributed by atoms with Gasteiger partial charge in [0.1, 0.15) is 0 Å². The highest BCUT2D eigenvalue weighted by Gasteiger charge is 2.08. The van der Waals surface area contributed by atoms with Gasteiger partial charge in [-0.15, -0.1) is 0 Å². The molecule has 0 heterocycles. The first-order chi connectivity index (χ1) is 18.7. The molecular formula is C30H65N5O3. The molecule has 0 saturated carbocycles. The number of carbonyl (C=O) groups is 1. The van der Waals surface area contributed by atoms with Crippen LogP contribution in [0.2, 0.25) is 0 Å². The Labute approximate surface area is 235 Å². The molecule has 0 aromatic carbocycles. The first-order valence-corrected chi connectivity index (χ1v) is 16.1. The van der Waals surface area contributed by atoms with Crippen molar-refractivity contribution in [3.63, 3.8) is 0 Å². The number of unbranched alkanes of at least 4 members (excludes halogenated alkanes) is 14. The van der Waals surface area contributed by atoms with Crippen LogP contribution in [-0.2, 0) is 9.53 Å². The molecule has 0 fully saturated rings.